The summed E-state index contributed by atoms with van der Waals surface area (Å²) in [5, 5.41) is 26.4. The molecule has 3 rings (SSSR count). The van der Waals surface area contributed by atoms with Crippen molar-refractivity contribution in [1.29, 1.82) is 0 Å². The van der Waals surface area contributed by atoms with Crippen molar-refractivity contribution < 1.29 is 46.1 Å². The fourth-order valence-corrected chi connectivity index (χ4v) is 3.52. The molecule has 1 aromatic carbocycles. The number of nitrogens with zero attached hydrogens (tertiary/aromatic N) is 3. The monoisotopic (exact) mass is 574 g/mol. The van der Waals surface area contributed by atoms with Gasteiger partial charge >= 0.3 is 0 Å². The van der Waals surface area contributed by atoms with Gasteiger partial charge < -0.3 is 20.3 Å². The summed E-state index contributed by atoms with van der Waals surface area (Å²) >= 11 is 0. The predicted molar refractivity (Wildman–Crippen MR) is 130 cm³/mol. The number of alkyl halides is 6. The molecule has 0 aliphatic heterocycles. The zero-order valence-electron chi connectivity index (χ0n) is 21.0. The van der Waals surface area contributed by atoms with Crippen molar-refractivity contribution in [3.05, 3.63) is 70.3 Å². The van der Waals surface area contributed by atoms with E-state index in [1.54, 1.807) is 0 Å². The van der Waals surface area contributed by atoms with Crippen molar-refractivity contribution in [2.45, 2.75) is 50.9 Å². The lowest BCUT2D eigenvalue weighted by Gasteiger charge is -2.25. The number of rotatable bonds is 11. The molecule has 3 aromatic rings. The maximum atomic E-state index is 13.3. The Bertz CT molecular complexity index is 1390. The van der Waals surface area contributed by atoms with Crippen molar-refractivity contribution in [3.8, 4) is 17.0 Å². The number of aliphatic hydroxyl groups is 2. The second-order valence-electron chi connectivity index (χ2n) is 9.24. The Balaban J connectivity index is 2.03. The number of nitrogens with one attached hydrogen (secondary N) is 1. The zero-order chi connectivity index (χ0) is 29.8. The van der Waals surface area contributed by atoms with Gasteiger partial charge in [0.1, 0.15) is 23.6 Å². The Kier molecular flexibility index (Phi) is 9.20. The molecule has 9 nitrogen and oxygen atoms in total. The van der Waals surface area contributed by atoms with Gasteiger partial charge in [-0.25, -0.2) is 26.3 Å². The van der Waals surface area contributed by atoms with Gasteiger partial charge in [0.25, 0.3) is 25.2 Å². The van der Waals surface area contributed by atoms with Crippen LogP contribution in [0.2, 0.25) is 0 Å². The SMILES string of the molecule is CC(C)(O)Cn1cc(C(=O)Nc2ccc(C(O)(C(F)F)C(F)F)nc2)c(=O)c(-c2ccccc2OCC(F)F)n1. The molecular formula is C25H24F6N4O5. The van der Waals surface area contributed by atoms with Gasteiger partial charge in [0.05, 0.1) is 29.7 Å². The van der Waals surface area contributed by atoms with Crippen LogP contribution in [0.5, 0.6) is 5.75 Å². The number of carbonyl (C=O) groups excluding carboxylic acids is 1. The molecule has 0 aliphatic carbocycles. The summed E-state index contributed by atoms with van der Waals surface area (Å²) in [6.07, 6.45) is -8.79. The van der Waals surface area contributed by atoms with E-state index in [0.29, 0.717) is 6.07 Å². The lowest BCUT2D eigenvalue weighted by atomic mass is 10.0. The third-order valence-corrected chi connectivity index (χ3v) is 5.36. The summed E-state index contributed by atoms with van der Waals surface area (Å²) in [4.78, 5) is 29.8. The molecule has 0 fully saturated rings. The molecule has 15 heteroatoms. The van der Waals surface area contributed by atoms with Gasteiger partial charge in [-0.3, -0.25) is 19.3 Å². The highest BCUT2D eigenvalue weighted by Gasteiger charge is 2.50. The third-order valence-electron chi connectivity index (χ3n) is 5.36. The highest BCUT2D eigenvalue weighted by molar-refractivity contribution is 6.04. The van der Waals surface area contributed by atoms with E-state index in [0.717, 1.165) is 23.1 Å². The Morgan fingerprint density at radius 2 is 1.70 bits per heavy atom. The van der Waals surface area contributed by atoms with E-state index in [9.17, 15) is 46.1 Å². The minimum absolute atomic E-state index is 0.0170. The van der Waals surface area contributed by atoms with E-state index in [4.69, 9.17) is 4.74 Å². The lowest BCUT2D eigenvalue weighted by molar-refractivity contribution is -0.185. The number of hydrogen-bond acceptors (Lipinski definition) is 7. The molecule has 0 bridgehead atoms. The van der Waals surface area contributed by atoms with Gasteiger partial charge in [-0.2, -0.15) is 5.10 Å². The second-order valence-corrected chi connectivity index (χ2v) is 9.24. The van der Waals surface area contributed by atoms with Crippen LogP contribution >= 0.6 is 0 Å². The normalized spacial score (nSPS) is 12.3. The quantitative estimate of drug-likeness (QED) is 0.298. The summed E-state index contributed by atoms with van der Waals surface area (Å²) in [6.45, 7) is 1.67. The molecule has 216 valence electrons. The molecule has 2 heterocycles. The highest BCUT2D eigenvalue weighted by atomic mass is 19.3. The highest BCUT2D eigenvalue weighted by Crippen LogP contribution is 2.34. The van der Waals surface area contributed by atoms with Crippen molar-refractivity contribution in [2.24, 2.45) is 0 Å². The second kappa shape index (κ2) is 12.0. The number of anilines is 1. The summed E-state index contributed by atoms with van der Waals surface area (Å²) in [5.74, 6) is -1.18. The Morgan fingerprint density at radius 3 is 2.25 bits per heavy atom. The zero-order valence-corrected chi connectivity index (χ0v) is 21.0. The van der Waals surface area contributed by atoms with Crippen molar-refractivity contribution >= 4 is 11.6 Å². The van der Waals surface area contributed by atoms with Crippen LogP contribution in [0.4, 0.5) is 32.0 Å². The van der Waals surface area contributed by atoms with Gasteiger partial charge in [0.15, 0.2) is 0 Å². The van der Waals surface area contributed by atoms with Crippen molar-refractivity contribution in [2.75, 3.05) is 11.9 Å². The standard InChI is InChI=1S/C25H24F6N4O5/c1-24(2,38)12-35-10-15(20(36)19(34-35)14-5-3-4-6-16(14)40-11-18(26)27)21(37)33-13-7-8-17(32-9-13)25(39,22(28)29)23(30)31/h3-10,18,22-23,38-39H,11-12H2,1-2H3,(H,33,37). The number of amides is 1. The summed E-state index contributed by atoms with van der Waals surface area (Å²) < 4.78 is 84.1. The number of para-hydroxylation sites is 1. The number of carbonyl (C=O) groups is 1. The van der Waals surface area contributed by atoms with E-state index < -0.39 is 59.7 Å². The molecule has 0 radical (unpaired) electrons. The smallest absolute Gasteiger partial charge is 0.278 e. The Labute approximate surface area is 223 Å². The maximum absolute atomic E-state index is 13.3. The van der Waals surface area contributed by atoms with Crippen LogP contribution in [0.3, 0.4) is 0 Å². The van der Waals surface area contributed by atoms with E-state index in [1.165, 1.54) is 38.1 Å². The average molecular weight is 574 g/mol. The Hall–Kier alpha value is -3.98. The largest absolute Gasteiger partial charge is 0.487 e. The molecule has 2 aromatic heterocycles. The summed E-state index contributed by atoms with van der Waals surface area (Å²) in [5.41, 5.74) is -8.32. The van der Waals surface area contributed by atoms with Crippen LogP contribution in [-0.4, -0.2) is 62.4 Å². The van der Waals surface area contributed by atoms with Gasteiger partial charge in [0.2, 0.25) is 11.0 Å². The molecule has 0 spiro atoms. The first-order valence-electron chi connectivity index (χ1n) is 11.5. The van der Waals surface area contributed by atoms with Crippen LogP contribution in [0.1, 0.15) is 29.9 Å². The molecule has 0 aliphatic rings. The molecular weight excluding hydrogens is 550 g/mol. The number of halogens is 6. The van der Waals surface area contributed by atoms with Gasteiger partial charge in [-0.15, -0.1) is 0 Å². The molecule has 40 heavy (non-hydrogen) atoms. The van der Waals surface area contributed by atoms with Crippen LogP contribution in [0.15, 0.2) is 53.6 Å². The molecule has 0 saturated heterocycles. The number of hydrogen-bond donors (Lipinski definition) is 3. The molecule has 0 unspecified atom stereocenters. The third kappa shape index (κ3) is 6.96. The van der Waals surface area contributed by atoms with Crippen molar-refractivity contribution in [3.63, 3.8) is 0 Å². The van der Waals surface area contributed by atoms with Gasteiger partial charge in [-0.05, 0) is 38.1 Å². The van der Waals surface area contributed by atoms with Crippen molar-refractivity contribution in [1.82, 2.24) is 14.8 Å². The first kappa shape index (κ1) is 30.6. The summed E-state index contributed by atoms with van der Waals surface area (Å²) in [7, 11) is 0. The van der Waals surface area contributed by atoms with Crippen LogP contribution in [-0.2, 0) is 12.1 Å². The van der Waals surface area contributed by atoms with Crippen LogP contribution in [0, 0.1) is 0 Å². The van der Waals surface area contributed by atoms with Crippen LogP contribution in [0.25, 0.3) is 11.3 Å². The van der Waals surface area contributed by atoms with E-state index in [1.807, 2.05) is 0 Å². The molecule has 3 N–H and O–H groups in total. The van der Waals surface area contributed by atoms with Gasteiger partial charge in [0, 0.05) is 11.8 Å². The predicted octanol–water partition coefficient (Wildman–Crippen LogP) is 3.69. The first-order valence-corrected chi connectivity index (χ1v) is 11.5. The molecule has 1 amide bonds. The molecule has 0 saturated carbocycles. The Morgan fingerprint density at radius 1 is 1.05 bits per heavy atom. The lowest BCUT2D eigenvalue weighted by Crippen LogP contribution is -2.42. The number of ether oxygens (including phenoxy) is 1. The number of aromatic nitrogens is 3. The minimum atomic E-state index is -3.86. The number of benzene rings is 1. The van der Waals surface area contributed by atoms with E-state index in [-0.39, 0.29) is 29.2 Å². The summed E-state index contributed by atoms with van der Waals surface area (Å²) in [6, 6.07) is 7.20. The van der Waals surface area contributed by atoms with E-state index >= 15 is 0 Å². The van der Waals surface area contributed by atoms with E-state index in [2.05, 4.69) is 15.4 Å². The first-order chi connectivity index (χ1) is 18.6. The minimum Gasteiger partial charge on any atom is -0.487 e. The topological polar surface area (TPSA) is 127 Å². The van der Waals surface area contributed by atoms with Gasteiger partial charge in [-0.1, -0.05) is 12.1 Å². The fraction of sp³-hybridized carbons (Fsp3) is 0.360. The van der Waals surface area contributed by atoms with Crippen LogP contribution < -0.4 is 15.5 Å². The number of pyridine rings is 1. The maximum Gasteiger partial charge on any atom is 0.278 e. The average Bonchev–Trinajstić information content (AvgIpc) is 2.87. The molecule has 0 atom stereocenters. The fourth-order valence-electron chi connectivity index (χ4n) is 3.52.